The van der Waals surface area contributed by atoms with Gasteiger partial charge in [0.15, 0.2) is 5.82 Å². The van der Waals surface area contributed by atoms with Crippen LogP contribution in [0.1, 0.15) is 16.2 Å². The number of aryl methyl sites for hydroxylation is 1. The number of nitrogens with one attached hydrogen (secondary N) is 1. The monoisotopic (exact) mass is 218 g/mol. The molecule has 0 radical (unpaired) electrons. The number of hydrogen-bond acceptors (Lipinski definition) is 5. The lowest BCUT2D eigenvalue weighted by molar-refractivity contribution is 0.102. The predicted octanol–water partition coefficient (Wildman–Crippen LogP) is 1.21. The lowest BCUT2D eigenvalue weighted by Gasteiger charge is -2.02. The minimum absolute atomic E-state index is 0.0609. The van der Waals surface area contributed by atoms with Gasteiger partial charge in [0, 0.05) is 5.69 Å². The van der Waals surface area contributed by atoms with Crippen LogP contribution in [0.5, 0.6) is 0 Å². The molecule has 0 fully saturated rings. The Labute approximate surface area is 91.5 Å². The largest absolute Gasteiger partial charge is 0.398 e. The van der Waals surface area contributed by atoms with E-state index in [0.717, 1.165) is 0 Å². The summed E-state index contributed by atoms with van der Waals surface area (Å²) in [6.45, 7) is 1.66. The summed E-state index contributed by atoms with van der Waals surface area (Å²) in [5, 5.41) is 6.01. The highest BCUT2D eigenvalue weighted by Crippen LogP contribution is 2.12. The van der Waals surface area contributed by atoms with E-state index in [1.54, 1.807) is 31.2 Å². The zero-order valence-corrected chi connectivity index (χ0v) is 8.60. The molecule has 2 aromatic rings. The average Bonchev–Trinajstić information content (AvgIpc) is 2.64. The van der Waals surface area contributed by atoms with Crippen LogP contribution in [0.3, 0.4) is 0 Å². The summed E-state index contributed by atoms with van der Waals surface area (Å²) in [4.78, 5) is 15.6. The molecule has 0 spiro atoms. The van der Waals surface area contributed by atoms with Gasteiger partial charge in [-0.25, -0.2) is 0 Å². The molecule has 1 aromatic carbocycles. The molecule has 0 saturated carbocycles. The molecule has 0 saturated heterocycles. The first kappa shape index (κ1) is 10.2. The van der Waals surface area contributed by atoms with Gasteiger partial charge in [-0.15, -0.1) is 0 Å². The van der Waals surface area contributed by atoms with E-state index in [1.807, 2.05) is 0 Å². The van der Waals surface area contributed by atoms with Crippen molar-refractivity contribution < 1.29 is 9.32 Å². The van der Waals surface area contributed by atoms with Crippen LogP contribution in [-0.4, -0.2) is 16.0 Å². The second kappa shape index (κ2) is 4.01. The van der Waals surface area contributed by atoms with Crippen LogP contribution < -0.4 is 11.1 Å². The van der Waals surface area contributed by atoms with Crippen LogP contribution >= 0.6 is 0 Å². The van der Waals surface area contributed by atoms with Gasteiger partial charge >= 0.3 is 6.01 Å². The summed E-state index contributed by atoms with van der Waals surface area (Å²) in [6.07, 6.45) is 0. The molecule has 0 unspecified atom stereocenters. The first-order valence-electron chi connectivity index (χ1n) is 4.63. The summed E-state index contributed by atoms with van der Waals surface area (Å²) in [5.41, 5.74) is 6.43. The Hall–Kier alpha value is -2.37. The minimum atomic E-state index is -0.373. The standard InChI is InChI=1S/C10H10N4O2/c1-6-12-10(16-14-6)13-9(15)7-4-2-3-5-8(7)11/h2-5H,11H2,1H3,(H,12,13,14,15). The Bertz CT molecular complexity index is 521. The van der Waals surface area contributed by atoms with E-state index in [4.69, 9.17) is 10.3 Å². The number of aromatic nitrogens is 2. The number of nitrogens with two attached hydrogens (primary N) is 1. The molecule has 0 aliphatic heterocycles. The van der Waals surface area contributed by atoms with Crippen molar-refractivity contribution >= 4 is 17.6 Å². The molecule has 0 bridgehead atoms. The first-order chi connectivity index (χ1) is 7.66. The highest BCUT2D eigenvalue weighted by molar-refractivity contribution is 6.06. The van der Waals surface area contributed by atoms with Gasteiger partial charge in [-0.2, -0.15) is 4.98 Å². The van der Waals surface area contributed by atoms with Gasteiger partial charge in [-0.1, -0.05) is 17.3 Å². The molecule has 6 nitrogen and oxygen atoms in total. The van der Waals surface area contributed by atoms with Crippen molar-refractivity contribution in [2.45, 2.75) is 6.92 Å². The molecule has 1 aromatic heterocycles. The molecule has 2 rings (SSSR count). The molecule has 0 aliphatic carbocycles. The van der Waals surface area contributed by atoms with Crippen molar-refractivity contribution in [1.82, 2.24) is 10.1 Å². The zero-order valence-electron chi connectivity index (χ0n) is 8.60. The molecule has 1 heterocycles. The van der Waals surface area contributed by atoms with Gasteiger partial charge in [0.05, 0.1) is 5.56 Å². The van der Waals surface area contributed by atoms with E-state index in [-0.39, 0.29) is 11.9 Å². The van der Waals surface area contributed by atoms with Crippen molar-refractivity contribution in [2.75, 3.05) is 11.1 Å². The summed E-state index contributed by atoms with van der Waals surface area (Å²) in [5.74, 6) is 0.0816. The van der Waals surface area contributed by atoms with Crippen molar-refractivity contribution in [3.05, 3.63) is 35.7 Å². The molecule has 6 heteroatoms. The Kier molecular flexibility index (Phi) is 2.55. The third-order valence-corrected chi connectivity index (χ3v) is 1.95. The summed E-state index contributed by atoms with van der Waals surface area (Å²) in [7, 11) is 0. The van der Waals surface area contributed by atoms with Gasteiger partial charge in [-0.05, 0) is 19.1 Å². The van der Waals surface area contributed by atoms with E-state index < -0.39 is 0 Å². The average molecular weight is 218 g/mol. The lowest BCUT2D eigenvalue weighted by atomic mass is 10.2. The van der Waals surface area contributed by atoms with Gasteiger partial charge in [0.25, 0.3) is 5.91 Å². The number of nitrogen functional groups attached to an aromatic ring is 1. The van der Waals surface area contributed by atoms with E-state index in [0.29, 0.717) is 17.1 Å². The van der Waals surface area contributed by atoms with Crippen LogP contribution in [0.2, 0.25) is 0 Å². The van der Waals surface area contributed by atoms with Gasteiger partial charge in [0.1, 0.15) is 0 Å². The fourth-order valence-corrected chi connectivity index (χ4v) is 1.22. The Morgan fingerprint density at radius 1 is 1.44 bits per heavy atom. The first-order valence-corrected chi connectivity index (χ1v) is 4.63. The number of carbonyl (C=O) groups excluding carboxylic acids is 1. The third-order valence-electron chi connectivity index (χ3n) is 1.95. The van der Waals surface area contributed by atoms with Crippen LogP contribution in [0.4, 0.5) is 11.7 Å². The maximum Gasteiger partial charge on any atom is 0.328 e. The molecule has 0 atom stereocenters. The van der Waals surface area contributed by atoms with E-state index in [2.05, 4.69) is 15.5 Å². The second-order valence-electron chi connectivity index (χ2n) is 3.19. The highest BCUT2D eigenvalue weighted by atomic mass is 16.5. The lowest BCUT2D eigenvalue weighted by Crippen LogP contribution is -2.14. The van der Waals surface area contributed by atoms with E-state index >= 15 is 0 Å². The SMILES string of the molecule is Cc1noc(NC(=O)c2ccccc2N)n1. The summed E-state index contributed by atoms with van der Waals surface area (Å²) >= 11 is 0. The van der Waals surface area contributed by atoms with Crippen LogP contribution in [0.25, 0.3) is 0 Å². The molecular formula is C10H10N4O2. The normalized spacial score (nSPS) is 10.1. The molecule has 82 valence electrons. The maximum atomic E-state index is 11.7. The number of carbonyl (C=O) groups is 1. The van der Waals surface area contributed by atoms with Gasteiger partial charge in [0.2, 0.25) is 0 Å². The number of anilines is 2. The number of rotatable bonds is 2. The van der Waals surface area contributed by atoms with Crippen molar-refractivity contribution in [3.63, 3.8) is 0 Å². The predicted molar refractivity (Wildman–Crippen MR) is 57.8 cm³/mol. The molecule has 0 aliphatic rings. The molecule has 3 N–H and O–H groups in total. The van der Waals surface area contributed by atoms with Gasteiger partial charge in [-0.3, -0.25) is 10.1 Å². The number of nitrogens with zero attached hydrogens (tertiary/aromatic N) is 2. The van der Waals surface area contributed by atoms with Gasteiger partial charge < -0.3 is 10.3 Å². The Morgan fingerprint density at radius 2 is 2.19 bits per heavy atom. The maximum absolute atomic E-state index is 11.7. The van der Waals surface area contributed by atoms with Crippen molar-refractivity contribution in [3.8, 4) is 0 Å². The quantitative estimate of drug-likeness (QED) is 0.739. The number of para-hydroxylation sites is 1. The smallest absolute Gasteiger partial charge is 0.328 e. The topological polar surface area (TPSA) is 94.0 Å². The summed E-state index contributed by atoms with van der Waals surface area (Å²) < 4.78 is 4.76. The van der Waals surface area contributed by atoms with E-state index in [1.165, 1.54) is 0 Å². The number of amides is 1. The Balaban J connectivity index is 2.18. The van der Waals surface area contributed by atoms with Crippen LogP contribution in [-0.2, 0) is 0 Å². The minimum Gasteiger partial charge on any atom is -0.398 e. The van der Waals surface area contributed by atoms with Crippen LogP contribution in [0, 0.1) is 6.92 Å². The highest BCUT2D eigenvalue weighted by Gasteiger charge is 2.12. The van der Waals surface area contributed by atoms with Crippen LogP contribution in [0.15, 0.2) is 28.8 Å². The molecule has 1 amide bonds. The van der Waals surface area contributed by atoms with Crippen molar-refractivity contribution in [1.29, 1.82) is 0 Å². The van der Waals surface area contributed by atoms with E-state index in [9.17, 15) is 4.79 Å². The number of hydrogen-bond donors (Lipinski definition) is 2. The second-order valence-corrected chi connectivity index (χ2v) is 3.19. The fraction of sp³-hybridized carbons (Fsp3) is 0.100. The third kappa shape index (κ3) is 2.00. The molecule has 16 heavy (non-hydrogen) atoms. The molecular weight excluding hydrogens is 208 g/mol. The Morgan fingerprint density at radius 3 is 2.81 bits per heavy atom. The van der Waals surface area contributed by atoms with Crippen molar-refractivity contribution in [2.24, 2.45) is 0 Å². The summed E-state index contributed by atoms with van der Waals surface area (Å²) in [6, 6.07) is 6.81. The zero-order chi connectivity index (χ0) is 11.5. The number of benzene rings is 1. The fourth-order valence-electron chi connectivity index (χ4n) is 1.22.